The fraction of sp³-hybridized carbons (Fsp3) is 0.348. The Hall–Kier alpha value is -3.09. The summed E-state index contributed by atoms with van der Waals surface area (Å²) >= 11 is 1.16. The van der Waals surface area contributed by atoms with Gasteiger partial charge in [0.05, 0.1) is 18.6 Å². The van der Waals surface area contributed by atoms with E-state index in [-0.39, 0.29) is 11.7 Å². The minimum absolute atomic E-state index is 0.125. The minimum Gasteiger partial charge on any atom is -0.494 e. The van der Waals surface area contributed by atoms with Crippen LogP contribution in [0.3, 0.4) is 0 Å². The van der Waals surface area contributed by atoms with E-state index < -0.39 is 10.0 Å². The number of piperazine rings is 1. The summed E-state index contributed by atoms with van der Waals surface area (Å²) in [7, 11) is -3.16. The molecule has 12 heteroatoms. The Morgan fingerprint density at radius 1 is 1.06 bits per heavy atom. The van der Waals surface area contributed by atoms with Crippen molar-refractivity contribution in [3.63, 3.8) is 0 Å². The van der Waals surface area contributed by atoms with Crippen molar-refractivity contribution >= 4 is 39.1 Å². The molecule has 0 radical (unpaired) electrons. The molecule has 1 fully saturated rings. The highest BCUT2D eigenvalue weighted by molar-refractivity contribution is 7.99. The summed E-state index contributed by atoms with van der Waals surface area (Å²) in [5, 5.41) is 11.2. The maximum absolute atomic E-state index is 12.4. The van der Waals surface area contributed by atoms with Gasteiger partial charge in [0, 0.05) is 43.1 Å². The second-order valence-electron chi connectivity index (χ2n) is 7.86. The van der Waals surface area contributed by atoms with Crippen LogP contribution < -0.4 is 15.0 Å². The zero-order valence-electron chi connectivity index (χ0n) is 19.5. The molecule has 1 saturated heterocycles. The first-order valence-electron chi connectivity index (χ1n) is 11.1. The van der Waals surface area contributed by atoms with Crippen LogP contribution in [0.25, 0.3) is 11.5 Å². The number of ether oxygens (including phenoxy) is 1. The van der Waals surface area contributed by atoms with Crippen molar-refractivity contribution in [2.75, 3.05) is 55.0 Å². The third-order valence-electron chi connectivity index (χ3n) is 5.37. The van der Waals surface area contributed by atoms with Gasteiger partial charge >= 0.3 is 0 Å². The molecule has 1 N–H and O–H groups in total. The van der Waals surface area contributed by atoms with Crippen molar-refractivity contribution in [1.29, 1.82) is 0 Å². The van der Waals surface area contributed by atoms with Crippen LogP contribution in [0.2, 0.25) is 0 Å². The van der Waals surface area contributed by atoms with Gasteiger partial charge in [-0.15, -0.1) is 10.2 Å². The van der Waals surface area contributed by atoms with Gasteiger partial charge in [-0.25, -0.2) is 8.42 Å². The van der Waals surface area contributed by atoms with E-state index in [0.717, 1.165) is 28.8 Å². The first-order chi connectivity index (χ1) is 16.8. The summed E-state index contributed by atoms with van der Waals surface area (Å²) in [6, 6.07) is 14.9. The first-order valence-corrected chi connectivity index (χ1v) is 13.9. The Balaban J connectivity index is 1.25. The number of sulfonamides is 1. The molecule has 10 nitrogen and oxygen atoms in total. The summed E-state index contributed by atoms with van der Waals surface area (Å²) in [6.07, 6.45) is 1.23. The Kier molecular flexibility index (Phi) is 7.93. The molecule has 186 valence electrons. The number of amides is 1. The van der Waals surface area contributed by atoms with Gasteiger partial charge < -0.3 is 19.4 Å². The van der Waals surface area contributed by atoms with Crippen LogP contribution in [-0.2, 0) is 14.8 Å². The molecule has 1 amide bonds. The molecule has 35 heavy (non-hydrogen) atoms. The van der Waals surface area contributed by atoms with Gasteiger partial charge in [0.15, 0.2) is 0 Å². The molecule has 0 saturated carbocycles. The number of hydrogen-bond acceptors (Lipinski definition) is 9. The summed E-state index contributed by atoms with van der Waals surface area (Å²) in [6.45, 7) is 4.69. The van der Waals surface area contributed by atoms with Gasteiger partial charge in [0.1, 0.15) is 5.75 Å². The van der Waals surface area contributed by atoms with E-state index in [1.54, 1.807) is 0 Å². The molecule has 0 unspecified atom stereocenters. The molecule has 0 bridgehead atoms. The third kappa shape index (κ3) is 6.74. The number of thioether (sulfide) groups is 1. The highest BCUT2D eigenvalue weighted by Gasteiger charge is 2.23. The number of nitrogens with zero attached hydrogens (tertiary/aromatic N) is 4. The van der Waals surface area contributed by atoms with Crippen LogP contribution in [-0.4, -0.2) is 73.6 Å². The number of benzene rings is 2. The molecule has 0 spiro atoms. The van der Waals surface area contributed by atoms with Crippen molar-refractivity contribution in [1.82, 2.24) is 14.5 Å². The maximum Gasteiger partial charge on any atom is 0.277 e. The lowest BCUT2D eigenvalue weighted by Crippen LogP contribution is -2.48. The minimum atomic E-state index is -3.16. The summed E-state index contributed by atoms with van der Waals surface area (Å²) in [5.41, 5.74) is 2.43. The summed E-state index contributed by atoms with van der Waals surface area (Å²) < 4.78 is 35.9. The smallest absolute Gasteiger partial charge is 0.277 e. The molecule has 2 heterocycles. The van der Waals surface area contributed by atoms with E-state index in [1.807, 2.05) is 55.5 Å². The van der Waals surface area contributed by atoms with Gasteiger partial charge in [-0.05, 0) is 55.5 Å². The number of aromatic nitrogens is 2. The fourth-order valence-electron chi connectivity index (χ4n) is 3.60. The fourth-order valence-corrected chi connectivity index (χ4v) is 4.99. The number of carbonyl (C=O) groups excluding carboxylic acids is 1. The quantitative estimate of drug-likeness (QED) is 0.427. The van der Waals surface area contributed by atoms with Crippen LogP contribution in [0.4, 0.5) is 11.4 Å². The van der Waals surface area contributed by atoms with Crippen molar-refractivity contribution < 1.29 is 22.4 Å². The van der Waals surface area contributed by atoms with E-state index in [9.17, 15) is 13.2 Å². The number of rotatable bonds is 9. The molecule has 2 aromatic carbocycles. The van der Waals surface area contributed by atoms with Crippen LogP contribution >= 0.6 is 11.8 Å². The third-order valence-corrected chi connectivity index (χ3v) is 7.49. The largest absolute Gasteiger partial charge is 0.494 e. The molecular formula is C23H27N5O5S2. The Morgan fingerprint density at radius 2 is 1.74 bits per heavy atom. The molecule has 0 atom stereocenters. The topological polar surface area (TPSA) is 118 Å². The predicted molar refractivity (Wildman–Crippen MR) is 135 cm³/mol. The number of anilines is 2. The molecule has 3 aromatic rings. The van der Waals surface area contributed by atoms with Crippen molar-refractivity contribution in [2.24, 2.45) is 0 Å². The lowest BCUT2D eigenvalue weighted by molar-refractivity contribution is -0.113. The Morgan fingerprint density at radius 3 is 2.37 bits per heavy atom. The zero-order valence-corrected chi connectivity index (χ0v) is 21.1. The SMILES string of the molecule is CCOc1ccc(-c2nnc(SCC(=O)Nc3ccc(N4CCN(S(C)(=O)=O)CC4)cc3)o2)cc1. The average molecular weight is 518 g/mol. The van der Waals surface area contributed by atoms with E-state index in [0.29, 0.717) is 49.6 Å². The molecular weight excluding hydrogens is 490 g/mol. The lowest BCUT2D eigenvalue weighted by atomic mass is 10.2. The van der Waals surface area contributed by atoms with Crippen molar-refractivity contribution in [3.05, 3.63) is 48.5 Å². The van der Waals surface area contributed by atoms with E-state index in [2.05, 4.69) is 20.4 Å². The zero-order chi connectivity index (χ0) is 24.8. The lowest BCUT2D eigenvalue weighted by Gasteiger charge is -2.34. The highest BCUT2D eigenvalue weighted by Crippen LogP contribution is 2.25. The number of hydrogen-bond donors (Lipinski definition) is 1. The molecule has 4 rings (SSSR count). The van der Waals surface area contributed by atoms with Gasteiger partial charge in [-0.3, -0.25) is 4.79 Å². The van der Waals surface area contributed by atoms with E-state index >= 15 is 0 Å². The van der Waals surface area contributed by atoms with E-state index in [1.165, 1.54) is 10.6 Å². The first kappa shape index (κ1) is 25.0. The normalized spacial score (nSPS) is 14.6. The van der Waals surface area contributed by atoms with Gasteiger partial charge in [0.2, 0.25) is 21.8 Å². The van der Waals surface area contributed by atoms with Crippen LogP contribution in [0, 0.1) is 0 Å². The van der Waals surface area contributed by atoms with Crippen molar-refractivity contribution in [3.8, 4) is 17.2 Å². The summed E-state index contributed by atoms with van der Waals surface area (Å²) in [4.78, 5) is 14.5. The number of carbonyl (C=O) groups is 1. The van der Waals surface area contributed by atoms with E-state index in [4.69, 9.17) is 9.15 Å². The predicted octanol–water partition coefficient (Wildman–Crippen LogP) is 2.95. The standard InChI is InChI=1S/C23H27N5O5S2/c1-3-32-20-10-4-17(5-11-20)22-25-26-23(33-22)34-16-21(29)24-18-6-8-19(9-7-18)27-12-14-28(15-13-27)35(2,30)31/h4-11H,3,12-16H2,1-2H3,(H,24,29). The Bertz CT molecular complexity index is 1240. The highest BCUT2D eigenvalue weighted by atomic mass is 32.2. The maximum atomic E-state index is 12.4. The second kappa shape index (κ2) is 11.1. The molecule has 1 aliphatic heterocycles. The molecule has 0 aliphatic carbocycles. The molecule has 1 aliphatic rings. The van der Waals surface area contributed by atoms with Crippen LogP contribution in [0.5, 0.6) is 5.75 Å². The Labute approximate surface area is 208 Å². The van der Waals surface area contributed by atoms with Crippen LogP contribution in [0.1, 0.15) is 6.92 Å². The van der Waals surface area contributed by atoms with Gasteiger partial charge in [-0.1, -0.05) is 11.8 Å². The van der Waals surface area contributed by atoms with Crippen molar-refractivity contribution in [2.45, 2.75) is 12.1 Å². The average Bonchev–Trinajstić information content (AvgIpc) is 3.33. The second-order valence-corrected chi connectivity index (χ2v) is 10.8. The molecule has 1 aromatic heterocycles. The monoisotopic (exact) mass is 517 g/mol. The summed E-state index contributed by atoms with van der Waals surface area (Å²) in [5.74, 6) is 1.08. The van der Waals surface area contributed by atoms with Gasteiger partial charge in [0.25, 0.3) is 5.22 Å². The van der Waals surface area contributed by atoms with Crippen LogP contribution in [0.15, 0.2) is 58.2 Å². The number of nitrogens with one attached hydrogen (secondary N) is 1. The van der Waals surface area contributed by atoms with Gasteiger partial charge in [-0.2, -0.15) is 4.31 Å².